The molecular weight excluding hydrogens is 290 g/mol. The predicted octanol–water partition coefficient (Wildman–Crippen LogP) is 3.69. The van der Waals surface area contributed by atoms with E-state index in [1.807, 2.05) is 30.3 Å². The first kappa shape index (κ1) is 13.0. The Hall–Kier alpha value is -1.42. The lowest BCUT2D eigenvalue weighted by Gasteiger charge is -2.10. The maximum atomic E-state index is 5.94. The highest BCUT2D eigenvalue weighted by atomic mass is 79.9. The lowest BCUT2D eigenvalue weighted by Crippen LogP contribution is -2.06. The van der Waals surface area contributed by atoms with Gasteiger partial charge in [-0.2, -0.15) is 0 Å². The Bertz CT molecular complexity index is 538. The molecule has 94 valence electrons. The first-order chi connectivity index (χ1) is 8.58. The maximum absolute atomic E-state index is 5.94. The van der Waals surface area contributed by atoms with Crippen LogP contribution in [0.2, 0.25) is 0 Å². The summed E-state index contributed by atoms with van der Waals surface area (Å²) in [7, 11) is 0. The van der Waals surface area contributed by atoms with Crippen LogP contribution in [0, 0.1) is 5.92 Å². The maximum Gasteiger partial charge on any atom is 0.142 e. The molecule has 2 rings (SSSR count). The molecule has 1 aromatic carbocycles. The number of nitrogens with two attached hydrogens (primary N) is 1. The normalized spacial score (nSPS) is 10.9. The lowest BCUT2D eigenvalue weighted by molar-refractivity contribution is 0.621. The zero-order valence-corrected chi connectivity index (χ0v) is 12.1. The van der Waals surface area contributed by atoms with Gasteiger partial charge in [0, 0.05) is 12.0 Å². The van der Waals surface area contributed by atoms with E-state index in [9.17, 15) is 0 Å². The lowest BCUT2D eigenvalue weighted by atomic mass is 10.1. The van der Waals surface area contributed by atoms with Gasteiger partial charge in [-0.3, -0.25) is 0 Å². The zero-order valence-electron chi connectivity index (χ0n) is 10.5. The summed E-state index contributed by atoms with van der Waals surface area (Å²) in [5.41, 5.74) is 7.84. The van der Waals surface area contributed by atoms with Gasteiger partial charge in [-0.1, -0.05) is 44.2 Å². The van der Waals surface area contributed by atoms with Crippen molar-refractivity contribution in [3.63, 3.8) is 0 Å². The van der Waals surface area contributed by atoms with E-state index in [2.05, 4.69) is 39.7 Å². The number of hydrogen-bond donors (Lipinski definition) is 1. The topological polar surface area (TPSA) is 51.8 Å². The molecule has 0 aliphatic carbocycles. The van der Waals surface area contributed by atoms with Gasteiger partial charge in [0.25, 0.3) is 0 Å². The van der Waals surface area contributed by atoms with Gasteiger partial charge in [0.2, 0.25) is 0 Å². The molecule has 0 atom stereocenters. The molecule has 4 heteroatoms. The molecule has 0 saturated heterocycles. The number of nitrogens with zero attached hydrogens (tertiary/aromatic N) is 2. The second-order valence-electron chi connectivity index (χ2n) is 4.65. The van der Waals surface area contributed by atoms with Crippen molar-refractivity contribution in [2.75, 3.05) is 5.73 Å². The van der Waals surface area contributed by atoms with Gasteiger partial charge in [0.05, 0.1) is 10.2 Å². The van der Waals surface area contributed by atoms with Crippen molar-refractivity contribution in [2.45, 2.75) is 20.3 Å². The molecule has 0 aliphatic heterocycles. The third kappa shape index (κ3) is 2.88. The Balaban J connectivity index is 2.49. The Morgan fingerprint density at radius 1 is 1.17 bits per heavy atom. The van der Waals surface area contributed by atoms with E-state index in [1.54, 1.807) is 0 Å². The molecular formula is C14H16BrN3. The van der Waals surface area contributed by atoms with Gasteiger partial charge in [-0.25, -0.2) is 9.97 Å². The van der Waals surface area contributed by atoms with Crippen LogP contribution in [-0.2, 0) is 6.42 Å². The number of anilines is 1. The molecule has 0 fully saturated rings. The van der Waals surface area contributed by atoms with E-state index in [-0.39, 0.29) is 0 Å². The second kappa shape index (κ2) is 5.48. The third-order valence-electron chi connectivity index (χ3n) is 2.56. The number of nitrogen functional groups attached to an aromatic ring is 1. The second-order valence-corrected chi connectivity index (χ2v) is 5.44. The van der Waals surface area contributed by atoms with Crippen molar-refractivity contribution in [1.82, 2.24) is 9.97 Å². The summed E-state index contributed by atoms with van der Waals surface area (Å²) in [6, 6.07) is 10.00. The van der Waals surface area contributed by atoms with Gasteiger partial charge in [0.15, 0.2) is 0 Å². The highest BCUT2D eigenvalue weighted by Crippen LogP contribution is 2.30. The highest BCUT2D eigenvalue weighted by molar-refractivity contribution is 9.10. The molecule has 1 heterocycles. The van der Waals surface area contributed by atoms with Gasteiger partial charge in [0.1, 0.15) is 11.6 Å². The number of rotatable bonds is 3. The van der Waals surface area contributed by atoms with Crippen LogP contribution >= 0.6 is 15.9 Å². The predicted molar refractivity (Wildman–Crippen MR) is 78.1 cm³/mol. The summed E-state index contributed by atoms with van der Waals surface area (Å²) in [4.78, 5) is 8.92. The van der Waals surface area contributed by atoms with Crippen LogP contribution < -0.4 is 5.73 Å². The van der Waals surface area contributed by atoms with E-state index in [0.717, 1.165) is 28.0 Å². The van der Waals surface area contributed by atoms with Crippen LogP contribution in [0.25, 0.3) is 11.3 Å². The zero-order chi connectivity index (χ0) is 13.1. The molecule has 2 aromatic rings. The molecule has 2 N–H and O–H groups in total. The number of benzene rings is 1. The first-order valence-corrected chi connectivity index (χ1v) is 6.74. The van der Waals surface area contributed by atoms with Crippen LogP contribution in [0.5, 0.6) is 0 Å². The van der Waals surface area contributed by atoms with E-state index < -0.39 is 0 Å². The molecule has 18 heavy (non-hydrogen) atoms. The minimum atomic E-state index is 0.500. The van der Waals surface area contributed by atoms with Crippen LogP contribution in [0.4, 0.5) is 5.82 Å². The Morgan fingerprint density at radius 3 is 2.44 bits per heavy atom. The number of halogens is 1. The summed E-state index contributed by atoms with van der Waals surface area (Å²) in [5.74, 6) is 1.80. The van der Waals surface area contributed by atoms with Crippen molar-refractivity contribution in [2.24, 2.45) is 5.92 Å². The summed E-state index contributed by atoms with van der Waals surface area (Å²) < 4.78 is 0.765. The van der Waals surface area contributed by atoms with Gasteiger partial charge in [-0.05, 0) is 21.8 Å². The molecule has 0 spiro atoms. The Kier molecular flexibility index (Phi) is 3.97. The van der Waals surface area contributed by atoms with E-state index in [0.29, 0.717) is 11.7 Å². The van der Waals surface area contributed by atoms with Crippen molar-refractivity contribution in [1.29, 1.82) is 0 Å². The summed E-state index contributed by atoms with van der Waals surface area (Å²) in [6.45, 7) is 4.29. The standard InChI is InChI=1S/C14H16BrN3/c1-9(2)8-11-17-13(12(15)14(16)18-11)10-6-4-3-5-7-10/h3-7,9H,8H2,1-2H3,(H2,16,17,18). The van der Waals surface area contributed by atoms with Crippen molar-refractivity contribution < 1.29 is 0 Å². The minimum absolute atomic E-state index is 0.500. The largest absolute Gasteiger partial charge is 0.383 e. The van der Waals surface area contributed by atoms with Crippen molar-refractivity contribution in [3.8, 4) is 11.3 Å². The third-order valence-corrected chi connectivity index (χ3v) is 3.34. The Labute approximate surface area is 116 Å². The van der Waals surface area contributed by atoms with Crippen molar-refractivity contribution >= 4 is 21.7 Å². The highest BCUT2D eigenvalue weighted by Gasteiger charge is 2.12. The minimum Gasteiger partial charge on any atom is -0.383 e. The SMILES string of the molecule is CC(C)Cc1nc(N)c(Br)c(-c2ccccc2)n1. The smallest absolute Gasteiger partial charge is 0.142 e. The van der Waals surface area contributed by atoms with E-state index in [4.69, 9.17) is 5.73 Å². The van der Waals surface area contributed by atoms with E-state index >= 15 is 0 Å². The fourth-order valence-corrected chi connectivity index (χ4v) is 2.16. The summed E-state index contributed by atoms with van der Waals surface area (Å²) in [6.07, 6.45) is 0.831. The average Bonchev–Trinajstić information content (AvgIpc) is 2.34. The van der Waals surface area contributed by atoms with Crippen molar-refractivity contribution in [3.05, 3.63) is 40.6 Å². The molecule has 0 bridgehead atoms. The number of aromatic nitrogens is 2. The molecule has 3 nitrogen and oxygen atoms in total. The fourth-order valence-electron chi connectivity index (χ4n) is 1.76. The van der Waals surface area contributed by atoms with Gasteiger partial charge < -0.3 is 5.73 Å². The van der Waals surface area contributed by atoms with Gasteiger partial charge >= 0.3 is 0 Å². The van der Waals surface area contributed by atoms with Crippen LogP contribution in [0.15, 0.2) is 34.8 Å². The van der Waals surface area contributed by atoms with Gasteiger partial charge in [-0.15, -0.1) is 0 Å². The molecule has 0 radical (unpaired) electrons. The van der Waals surface area contributed by atoms with Crippen LogP contribution in [-0.4, -0.2) is 9.97 Å². The fraction of sp³-hybridized carbons (Fsp3) is 0.286. The average molecular weight is 306 g/mol. The monoisotopic (exact) mass is 305 g/mol. The molecule has 0 unspecified atom stereocenters. The molecule has 0 aliphatic rings. The summed E-state index contributed by atoms with van der Waals surface area (Å²) in [5, 5.41) is 0. The van der Waals surface area contributed by atoms with E-state index in [1.165, 1.54) is 0 Å². The molecule has 1 aromatic heterocycles. The quantitative estimate of drug-likeness (QED) is 0.941. The Morgan fingerprint density at radius 2 is 1.83 bits per heavy atom. The van der Waals surface area contributed by atoms with Crippen LogP contribution in [0.1, 0.15) is 19.7 Å². The summed E-state index contributed by atoms with van der Waals surface area (Å²) >= 11 is 3.47. The molecule has 0 saturated carbocycles. The molecule has 0 amide bonds. The van der Waals surface area contributed by atoms with Crippen LogP contribution in [0.3, 0.4) is 0 Å². The number of hydrogen-bond acceptors (Lipinski definition) is 3. The first-order valence-electron chi connectivity index (χ1n) is 5.95.